The molecule has 1 N–H and O–H groups in total. The van der Waals surface area contributed by atoms with Crippen LogP contribution in [0, 0.1) is 5.82 Å². The molecule has 0 aliphatic rings. The molecule has 5 rings (SSSR count). The van der Waals surface area contributed by atoms with E-state index in [1.165, 1.54) is 28.2 Å². The van der Waals surface area contributed by atoms with E-state index in [2.05, 4.69) is 20.5 Å². The van der Waals surface area contributed by atoms with Gasteiger partial charge in [-0.2, -0.15) is 5.10 Å². The molecule has 0 aliphatic heterocycles. The summed E-state index contributed by atoms with van der Waals surface area (Å²) in [4.78, 5) is 18.0. The molecule has 0 fully saturated rings. The quantitative estimate of drug-likeness (QED) is 0.443. The van der Waals surface area contributed by atoms with Crippen LogP contribution in [0.5, 0.6) is 0 Å². The Morgan fingerprint density at radius 3 is 2.55 bits per heavy atom. The topological polar surface area (TPSA) is 77.6 Å². The second-order valence-electron chi connectivity index (χ2n) is 6.56. The number of halogens is 1. The first-order chi connectivity index (χ1) is 15.2. The summed E-state index contributed by atoms with van der Waals surface area (Å²) in [5.74, 6) is -0.120. The van der Waals surface area contributed by atoms with Crippen LogP contribution in [-0.2, 0) is 0 Å². The Balaban J connectivity index is 1.46. The molecule has 3 heterocycles. The van der Waals surface area contributed by atoms with Gasteiger partial charge in [0.25, 0.3) is 5.91 Å². The first-order valence-electron chi connectivity index (χ1n) is 9.37. The third-order valence-corrected chi connectivity index (χ3v) is 5.32. The van der Waals surface area contributed by atoms with Crippen LogP contribution >= 0.6 is 11.3 Å². The van der Waals surface area contributed by atoms with Crippen molar-refractivity contribution < 1.29 is 9.18 Å². The van der Waals surface area contributed by atoms with Crippen molar-refractivity contribution in [2.45, 2.75) is 0 Å². The van der Waals surface area contributed by atoms with Crippen molar-refractivity contribution in [1.29, 1.82) is 0 Å². The van der Waals surface area contributed by atoms with Gasteiger partial charge in [-0.1, -0.05) is 30.3 Å². The fraction of sp³-hybridized carbons (Fsp3) is 0. The lowest BCUT2D eigenvalue weighted by atomic mass is 10.3. The summed E-state index contributed by atoms with van der Waals surface area (Å²) in [6.45, 7) is 0. The maximum absolute atomic E-state index is 13.8. The maximum atomic E-state index is 13.8. The molecule has 152 valence electrons. The minimum atomic E-state index is -0.508. The molecule has 0 unspecified atom stereocenters. The molecule has 0 bridgehead atoms. The summed E-state index contributed by atoms with van der Waals surface area (Å²) in [6.07, 6.45) is 1.75. The van der Waals surface area contributed by atoms with Crippen LogP contribution in [-0.4, -0.2) is 30.5 Å². The fourth-order valence-corrected chi connectivity index (χ4v) is 3.75. The van der Waals surface area contributed by atoms with E-state index >= 15 is 0 Å². The highest BCUT2D eigenvalue weighted by Gasteiger charge is 2.20. The second kappa shape index (κ2) is 7.96. The van der Waals surface area contributed by atoms with Crippen LogP contribution in [0.4, 0.5) is 10.2 Å². The Morgan fingerprint density at radius 1 is 0.935 bits per heavy atom. The van der Waals surface area contributed by atoms with Gasteiger partial charge in [-0.3, -0.25) is 4.79 Å². The predicted molar refractivity (Wildman–Crippen MR) is 116 cm³/mol. The molecule has 0 aliphatic carbocycles. The number of aromatic nitrogens is 5. The summed E-state index contributed by atoms with van der Waals surface area (Å²) in [7, 11) is 0. The number of hydrogen-bond acceptors (Lipinski definition) is 5. The molecule has 0 saturated heterocycles. The van der Waals surface area contributed by atoms with Gasteiger partial charge in [-0.15, -0.1) is 16.4 Å². The van der Waals surface area contributed by atoms with E-state index in [4.69, 9.17) is 0 Å². The summed E-state index contributed by atoms with van der Waals surface area (Å²) >= 11 is 1.45. The monoisotopic (exact) mass is 430 g/mol. The summed E-state index contributed by atoms with van der Waals surface area (Å²) in [5.41, 5.74) is 1.35. The van der Waals surface area contributed by atoms with Gasteiger partial charge >= 0.3 is 0 Å². The minimum absolute atomic E-state index is 0.0399. The number of thiophene rings is 1. The Labute approximate surface area is 180 Å². The lowest BCUT2D eigenvalue weighted by Gasteiger charge is -2.04. The molecular weight excluding hydrogens is 415 g/mol. The SMILES string of the molecule is O=C(Nc1ccn(-c2ccccc2)n1)c1nc(-c2cccs2)n(-c2cccc(F)c2)n1. The van der Waals surface area contributed by atoms with Crippen LogP contribution in [0.3, 0.4) is 0 Å². The molecular formula is C22H15FN6OS. The molecule has 2 aromatic carbocycles. The van der Waals surface area contributed by atoms with Gasteiger partial charge in [0, 0.05) is 12.3 Å². The van der Waals surface area contributed by atoms with E-state index in [-0.39, 0.29) is 5.82 Å². The molecule has 3 aromatic heterocycles. The number of carbonyl (C=O) groups excluding carboxylic acids is 1. The lowest BCUT2D eigenvalue weighted by molar-refractivity contribution is 0.101. The van der Waals surface area contributed by atoms with Gasteiger partial charge in [0.1, 0.15) is 5.82 Å². The highest BCUT2D eigenvalue weighted by Crippen LogP contribution is 2.26. The molecule has 5 aromatic rings. The van der Waals surface area contributed by atoms with Crippen LogP contribution in [0.25, 0.3) is 22.1 Å². The highest BCUT2D eigenvalue weighted by molar-refractivity contribution is 7.13. The molecule has 7 nitrogen and oxygen atoms in total. The molecule has 0 spiro atoms. The number of carbonyl (C=O) groups is 1. The van der Waals surface area contributed by atoms with Gasteiger partial charge in [0.05, 0.1) is 16.3 Å². The van der Waals surface area contributed by atoms with E-state index in [1.54, 1.807) is 29.1 Å². The Morgan fingerprint density at radius 2 is 1.77 bits per heavy atom. The number of para-hydroxylation sites is 1. The number of benzene rings is 2. The summed E-state index contributed by atoms with van der Waals surface area (Å²) in [6, 6.07) is 21.0. The van der Waals surface area contributed by atoms with Gasteiger partial charge in [-0.05, 0) is 41.8 Å². The van der Waals surface area contributed by atoms with Gasteiger partial charge in [0.15, 0.2) is 11.6 Å². The van der Waals surface area contributed by atoms with Gasteiger partial charge < -0.3 is 5.32 Å². The Kier molecular flexibility index (Phi) is 4.85. The Hall–Kier alpha value is -4.11. The largest absolute Gasteiger partial charge is 0.302 e. The number of nitrogens with zero attached hydrogens (tertiary/aromatic N) is 5. The summed E-state index contributed by atoms with van der Waals surface area (Å²) in [5, 5.41) is 13.3. The molecule has 9 heteroatoms. The van der Waals surface area contributed by atoms with E-state index in [9.17, 15) is 9.18 Å². The number of anilines is 1. The first kappa shape index (κ1) is 18.9. The number of hydrogen-bond donors (Lipinski definition) is 1. The maximum Gasteiger partial charge on any atom is 0.296 e. The number of amides is 1. The molecule has 31 heavy (non-hydrogen) atoms. The predicted octanol–water partition coefficient (Wildman–Crippen LogP) is 4.57. The average molecular weight is 430 g/mol. The van der Waals surface area contributed by atoms with E-state index in [0.717, 1.165) is 10.6 Å². The highest BCUT2D eigenvalue weighted by atomic mass is 32.1. The molecule has 0 atom stereocenters. The van der Waals surface area contributed by atoms with Crippen molar-refractivity contribution in [3.05, 3.63) is 96.0 Å². The Bertz CT molecular complexity index is 1340. The molecule has 1 amide bonds. The van der Waals surface area contributed by atoms with Crippen LogP contribution in [0.15, 0.2) is 84.4 Å². The zero-order valence-corrected chi connectivity index (χ0v) is 16.8. The van der Waals surface area contributed by atoms with E-state index in [0.29, 0.717) is 17.3 Å². The third kappa shape index (κ3) is 3.86. The first-order valence-corrected chi connectivity index (χ1v) is 10.2. The van der Waals surface area contributed by atoms with Crippen molar-refractivity contribution in [1.82, 2.24) is 24.5 Å². The van der Waals surface area contributed by atoms with Crippen LogP contribution in [0.1, 0.15) is 10.6 Å². The van der Waals surface area contributed by atoms with E-state index < -0.39 is 11.7 Å². The van der Waals surface area contributed by atoms with Crippen molar-refractivity contribution in [3.63, 3.8) is 0 Å². The van der Waals surface area contributed by atoms with Crippen molar-refractivity contribution >= 4 is 23.1 Å². The van der Waals surface area contributed by atoms with Crippen LogP contribution in [0.2, 0.25) is 0 Å². The standard InChI is InChI=1S/C22H15FN6OS/c23-15-6-4-9-17(14-15)29-21(18-10-5-13-31-18)25-20(27-29)22(30)24-19-11-12-28(26-19)16-7-2-1-3-8-16/h1-14H,(H,24,26,30). The van der Waals surface area contributed by atoms with Crippen molar-refractivity contribution in [2.24, 2.45) is 0 Å². The zero-order valence-electron chi connectivity index (χ0n) is 16.0. The lowest BCUT2D eigenvalue weighted by Crippen LogP contribution is -2.15. The number of nitrogens with one attached hydrogen (secondary N) is 1. The molecule has 0 saturated carbocycles. The fourth-order valence-electron chi connectivity index (χ4n) is 3.05. The van der Waals surface area contributed by atoms with E-state index in [1.807, 2.05) is 47.8 Å². The minimum Gasteiger partial charge on any atom is -0.302 e. The normalized spacial score (nSPS) is 10.9. The summed E-state index contributed by atoms with van der Waals surface area (Å²) < 4.78 is 16.9. The second-order valence-corrected chi connectivity index (χ2v) is 7.51. The van der Waals surface area contributed by atoms with Crippen molar-refractivity contribution in [2.75, 3.05) is 5.32 Å². The van der Waals surface area contributed by atoms with Gasteiger partial charge in [-0.25, -0.2) is 18.7 Å². The van der Waals surface area contributed by atoms with Crippen LogP contribution < -0.4 is 5.32 Å². The van der Waals surface area contributed by atoms with Gasteiger partial charge in [0.2, 0.25) is 5.82 Å². The average Bonchev–Trinajstić information content (AvgIpc) is 3.54. The van der Waals surface area contributed by atoms with Crippen molar-refractivity contribution in [3.8, 4) is 22.1 Å². The smallest absolute Gasteiger partial charge is 0.296 e. The number of rotatable bonds is 5. The molecule has 0 radical (unpaired) electrons. The third-order valence-electron chi connectivity index (χ3n) is 4.46. The zero-order chi connectivity index (χ0) is 21.2.